The van der Waals surface area contributed by atoms with Gasteiger partial charge in [-0.2, -0.15) is 4.31 Å². The lowest BCUT2D eigenvalue weighted by Crippen LogP contribution is -2.40. The fourth-order valence-corrected chi connectivity index (χ4v) is 6.13. The number of aryl methyl sites for hydroxylation is 1. The summed E-state index contributed by atoms with van der Waals surface area (Å²) in [4.78, 5) is 17.2. The molecule has 1 aliphatic heterocycles. The maximum atomic E-state index is 13.7. The molecular weight excluding hydrogens is 490 g/mol. The van der Waals surface area contributed by atoms with Crippen molar-refractivity contribution in [3.63, 3.8) is 0 Å². The topological polar surface area (TPSA) is 101 Å². The van der Waals surface area contributed by atoms with Gasteiger partial charge >= 0.3 is 0 Å². The molecule has 7 nitrogen and oxygen atoms in total. The van der Waals surface area contributed by atoms with Gasteiger partial charge in [0.15, 0.2) is 17.4 Å². The zero-order chi connectivity index (χ0) is 25.4. The Morgan fingerprint density at radius 1 is 1.11 bits per heavy atom. The fraction of sp³-hybridized carbons (Fsp3) is 0.231. The Hall–Kier alpha value is -3.63. The maximum absolute atomic E-state index is 13.7. The van der Waals surface area contributed by atoms with Crippen LogP contribution in [0.3, 0.4) is 0 Å². The van der Waals surface area contributed by atoms with Crippen LogP contribution in [0.4, 0.5) is 8.78 Å². The molecule has 1 atom stereocenters. The molecule has 186 valence electrons. The first kappa shape index (κ1) is 24.1. The van der Waals surface area contributed by atoms with Gasteiger partial charge in [-0.25, -0.2) is 17.2 Å². The molecule has 0 saturated carbocycles. The molecule has 4 aromatic rings. The van der Waals surface area contributed by atoms with Gasteiger partial charge in [-0.15, -0.1) is 0 Å². The van der Waals surface area contributed by atoms with E-state index in [0.29, 0.717) is 35.4 Å². The first-order valence-electron chi connectivity index (χ1n) is 11.4. The summed E-state index contributed by atoms with van der Waals surface area (Å²) < 4.78 is 60.3. The molecule has 0 radical (unpaired) electrons. The van der Waals surface area contributed by atoms with Crippen molar-refractivity contribution < 1.29 is 31.5 Å². The molecule has 0 bridgehead atoms. The molecule has 2 aromatic heterocycles. The quantitative estimate of drug-likeness (QED) is 0.381. The van der Waals surface area contributed by atoms with Crippen LogP contribution < -0.4 is 0 Å². The molecule has 3 heterocycles. The number of pyridine rings is 1. The maximum Gasteiger partial charge on any atom is 0.277 e. The van der Waals surface area contributed by atoms with Crippen molar-refractivity contribution in [2.75, 3.05) is 6.54 Å². The van der Waals surface area contributed by atoms with E-state index in [9.17, 15) is 27.1 Å². The van der Waals surface area contributed by atoms with Gasteiger partial charge in [-0.05, 0) is 49.1 Å². The minimum absolute atomic E-state index is 0.0287. The van der Waals surface area contributed by atoms with Crippen molar-refractivity contribution in [3.05, 3.63) is 78.0 Å². The zero-order valence-electron chi connectivity index (χ0n) is 19.0. The van der Waals surface area contributed by atoms with E-state index in [-0.39, 0.29) is 41.5 Å². The molecule has 1 N–H and O–H groups in total. The molecule has 1 fully saturated rings. The van der Waals surface area contributed by atoms with Crippen LogP contribution in [0, 0.1) is 11.6 Å². The van der Waals surface area contributed by atoms with Crippen LogP contribution in [0.15, 0.2) is 70.3 Å². The van der Waals surface area contributed by atoms with Crippen LogP contribution in [-0.2, 0) is 21.2 Å². The number of hydrogen-bond acceptors (Lipinski definition) is 6. The molecule has 2 aromatic carbocycles. The van der Waals surface area contributed by atoms with E-state index in [2.05, 4.69) is 4.98 Å². The van der Waals surface area contributed by atoms with Gasteiger partial charge in [0.25, 0.3) is 10.0 Å². The Kier molecular flexibility index (Phi) is 6.31. The standard InChI is InChI=1S/C26H22F2N2O5S/c27-19-14-18(24(32)15-20(19)28)21-12-16(9-10-29-21)7-8-23(31)22-5-3-11-30(22)36(33,34)26-13-17-4-1-2-6-25(17)35-26/h1-2,4,6,9-10,12-15,22,32H,3,5,7-8,11H2/t22-/m0/s1. The number of ketones is 1. The Morgan fingerprint density at radius 2 is 1.89 bits per heavy atom. The molecule has 0 aliphatic carbocycles. The van der Waals surface area contributed by atoms with Gasteiger partial charge in [0.1, 0.15) is 11.3 Å². The number of carbonyl (C=O) groups is 1. The van der Waals surface area contributed by atoms with E-state index in [1.54, 1.807) is 36.4 Å². The van der Waals surface area contributed by atoms with Crippen LogP contribution in [-0.4, -0.2) is 41.2 Å². The molecule has 0 amide bonds. The first-order valence-corrected chi connectivity index (χ1v) is 12.8. The predicted molar refractivity (Wildman–Crippen MR) is 128 cm³/mol. The first-order chi connectivity index (χ1) is 17.2. The van der Waals surface area contributed by atoms with Gasteiger partial charge in [0.2, 0.25) is 5.09 Å². The summed E-state index contributed by atoms with van der Waals surface area (Å²) in [7, 11) is -3.99. The van der Waals surface area contributed by atoms with Gasteiger partial charge in [-0.1, -0.05) is 18.2 Å². The lowest BCUT2D eigenvalue weighted by atomic mass is 10.0. The Labute approximate surface area is 206 Å². The summed E-state index contributed by atoms with van der Waals surface area (Å²) >= 11 is 0. The van der Waals surface area contributed by atoms with Crippen molar-refractivity contribution in [1.29, 1.82) is 0 Å². The van der Waals surface area contributed by atoms with E-state index < -0.39 is 33.4 Å². The summed E-state index contributed by atoms with van der Waals surface area (Å²) in [5.41, 5.74) is 1.40. The van der Waals surface area contributed by atoms with Crippen molar-refractivity contribution >= 4 is 26.8 Å². The number of benzene rings is 2. The number of hydrogen-bond donors (Lipinski definition) is 1. The number of fused-ring (bicyclic) bond motifs is 1. The molecule has 36 heavy (non-hydrogen) atoms. The highest BCUT2D eigenvalue weighted by Crippen LogP contribution is 2.32. The normalized spacial score (nSPS) is 16.6. The Balaban J connectivity index is 1.31. The number of Topliss-reactive ketones (excluding diaryl/α,β-unsaturated/α-hetero) is 1. The zero-order valence-corrected chi connectivity index (χ0v) is 19.8. The largest absolute Gasteiger partial charge is 0.507 e. The van der Waals surface area contributed by atoms with Gasteiger partial charge < -0.3 is 9.52 Å². The van der Waals surface area contributed by atoms with Crippen LogP contribution in [0.2, 0.25) is 0 Å². The number of phenols is 1. The smallest absolute Gasteiger partial charge is 0.277 e. The highest BCUT2D eigenvalue weighted by Gasteiger charge is 2.40. The summed E-state index contributed by atoms with van der Waals surface area (Å²) in [5.74, 6) is -2.96. The van der Waals surface area contributed by atoms with Crippen LogP contribution in [0.5, 0.6) is 5.75 Å². The third-order valence-corrected chi connectivity index (χ3v) is 8.10. The molecule has 10 heteroatoms. The monoisotopic (exact) mass is 512 g/mol. The number of furan rings is 1. The van der Waals surface area contributed by atoms with Crippen molar-refractivity contribution in [1.82, 2.24) is 9.29 Å². The second-order valence-electron chi connectivity index (χ2n) is 8.68. The van der Waals surface area contributed by atoms with E-state index in [4.69, 9.17) is 4.42 Å². The number of sulfonamides is 1. The van der Waals surface area contributed by atoms with E-state index in [1.807, 2.05) is 0 Å². The predicted octanol–water partition coefficient (Wildman–Crippen LogP) is 4.83. The Morgan fingerprint density at radius 3 is 2.69 bits per heavy atom. The van der Waals surface area contributed by atoms with Gasteiger partial charge in [0.05, 0.1) is 11.7 Å². The molecule has 5 rings (SSSR count). The van der Waals surface area contributed by atoms with E-state index >= 15 is 0 Å². The molecule has 1 saturated heterocycles. The summed E-state index contributed by atoms with van der Waals surface area (Å²) in [6, 6.07) is 12.5. The number of rotatable bonds is 7. The lowest BCUT2D eigenvalue weighted by Gasteiger charge is -2.21. The summed E-state index contributed by atoms with van der Waals surface area (Å²) in [5, 5.41) is 10.5. The second-order valence-corrected chi connectivity index (χ2v) is 10.5. The lowest BCUT2D eigenvalue weighted by molar-refractivity contribution is -0.122. The molecule has 0 unspecified atom stereocenters. The molecule has 0 spiro atoms. The van der Waals surface area contributed by atoms with Crippen LogP contribution in [0.1, 0.15) is 24.8 Å². The third-order valence-electron chi connectivity index (χ3n) is 6.34. The van der Waals surface area contributed by atoms with Crippen molar-refractivity contribution in [2.45, 2.75) is 36.8 Å². The second kappa shape index (κ2) is 9.44. The molecular formula is C26H22F2N2O5S. The number of carbonyl (C=O) groups excluding carboxylic acids is 1. The Bertz CT molecular complexity index is 1530. The number of aromatic nitrogens is 1. The third kappa shape index (κ3) is 4.49. The number of para-hydroxylation sites is 1. The minimum atomic E-state index is -3.99. The average Bonchev–Trinajstić information content (AvgIpc) is 3.53. The van der Waals surface area contributed by atoms with Crippen LogP contribution in [0.25, 0.3) is 22.2 Å². The summed E-state index contributed by atoms with van der Waals surface area (Å²) in [6.07, 6.45) is 2.79. The SMILES string of the molecule is O=C(CCc1ccnc(-c2cc(F)c(F)cc2O)c1)[C@@H]1CCCN1S(=O)(=O)c1cc2ccccc2o1. The highest BCUT2D eigenvalue weighted by molar-refractivity contribution is 7.89. The molecule has 1 aliphatic rings. The van der Waals surface area contributed by atoms with Gasteiger partial charge in [-0.3, -0.25) is 9.78 Å². The van der Waals surface area contributed by atoms with Crippen molar-refractivity contribution in [3.8, 4) is 17.0 Å². The number of nitrogens with zero attached hydrogens (tertiary/aromatic N) is 2. The highest BCUT2D eigenvalue weighted by atomic mass is 32.2. The average molecular weight is 513 g/mol. The van der Waals surface area contributed by atoms with Gasteiger partial charge in [0, 0.05) is 42.2 Å². The number of phenolic OH excluding ortho intramolecular Hbond substituents is 1. The van der Waals surface area contributed by atoms with Crippen molar-refractivity contribution in [2.24, 2.45) is 0 Å². The van der Waals surface area contributed by atoms with E-state index in [1.165, 1.54) is 16.6 Å². The fourth-order valence-electron chi connectivity index (χ4n) is 4.50. The summed E-state index contributed by atoms with van der Waals surface area (Å²) in [6.45, 7) is 0.227. The number of halogens is 2. The number of aromatic hydroxyl groups is 1. The van der Waals surface area contributed by atoms with Crippen LogP contribution >= 0.6 is 0 Å². The minimum Gasteiger partial charge on any atom is -0.507 e. The van der Waals surface area contributed by atoms with E-state index in [0.717, 1.165) is 6.07 Å².